The van der Waals surface area contributed by atoms with Crippen molar-refractivity contribution in [3.63, 3.8) is 0 Å². The zero-order valence-corrected chi connectivity index (χ0v) is 8.76. The maximum absolute atomic E-state index is 13.0. The van der Waals surface area contributed by atoms with Crippen LogP contribution in [0, 0.1) is 17.1 Å². The SMILES string of the molecule is CCc1ccc(F)cc1C(C)(C)C#N. The summed E-state index contributed by atoms with van der Waals surface area (Å²) < 4.78 is 13.0. The first kappa shape index (κ1) is 10.7. The zero-order valence-electron chi connectivity index (χ0n) is 8.76. The van der Waals surface area contributed by atoms with Crippen LogP contribution >= 0.6 is 0 Å². The summed E-state index contributed by atoms with van der Waals surface area (Å²) in [5.74, 6) is -0.277. The van der Waals surface area contributed by atoms with E-state index in [0.717, 1.165) is 17.5 Å². The third-order valence-electron chi connectivity index (χ3n) is 2.41. The van der Waals surface area contributed by atoms with Crippen molar-refractivity contribution in [2.45, 2.75) is 32.6 Å². The maximum Gasteiger partial charge on any atom is 0.123 e. The van der Waals surface area contributed by atoms with Crippen molar-refractivity contribution in [3.05, 3.63) is 35.1 Å². The number of hydrogen-bond donors (Lipinski definition) is 0. The van der Waals surface area contributed by atoms with Crippen LogP contribution in [-0.4, -0.2) is 0 Å². The van der Waals surface area contributed by atoms with Gasteiger partial charge in [-0.25, -0.2) is 4.39 Å². The molecular formula is C12H14FN. The van der Waals surface area contributed by atoms with E-state index >= 15 is 0 Å². The second kappa shape index (κ2) is 3.79. The fourth-order valence-corrected chi connectivity index (χ4v) is 1.50. The normalized spacial score (nSPS) is 11.1. The molecule has 0 amide bonds. The van der Waals surface area contributed by atoms with Crippen LogP contribution < -0.4 is 0 Å². The molecule has 0 aliphatic rings. The molecule has 74 valence electrons. The highest BCUT2D eigenvalue weighted by atomic mass is 19.1. The van der Waals surface area contributed by atoms with E-state index in [1.54, 1.807) is 19.9 Å². The van der Waals surface area contributed by atoms with Crippen LogP contribution in [0.25, 0.3) is 0 Å². The Hall–Kier alpha value is -1.36. The predicted molar refractivity (Wildman–Crippen MR) is 54.4 cm³/mol. The van der Waals surface area contributed by atoms with Gasteiger partial charge in [-0.2, -0.15) is 5.26 Å². The van der Waals surface area contributed by atoms with Gasteiger partial charge in [0.2, 0.25) is 0 Å². The van der Waals surface area contributed by atoms with Crippen molar-refractivity contribution in [3.8, 4) is 6.07 Å². The highest BCUT2D eigenvalue weighted by Crippen LogP contribution is 2.26. The molecule has 0 saturated carbocycles. The first-order chi connectivity index (χ1) is 6.51. The van der Waals surface area contributed by atoms with E-state index in [2.05, 4.69) is 6.07 Å². The molecule has 0 saturated heterocycles. The Labute approximate surface area is 84.2 Å². The van der Waals surface area contributed by atoms with Crippen molar-refractivity contribution >= 4 is 0 Å². The number of rotatable bonds is 2. The molecule has 14 heavy (non-hydrogen) atoms. The van der Waals surface area contributed by atoms with Crippen molar-refractivity contribution in [2.75, 3.05) is 0 Å². The summed E-state index contributed by atoms with van der Waals surface area (Å²) in [5.41, 5.74) is 1.22. The molecule has 2 heteroatoms. The van der Waals surface area contributed by atoms with Crippen molar-refractivity contribution in [1.29, 1.82) is 5.26 Å². The van der Waals surface area contributed by atoms with E-state index in [1.807, 2.05) is 6.92 Å². The molecule has 0 atom stereocenters. The zero-order chi connectivity index (χ0) is 10.8. The molecule has 1 nitrogen and oxygen atoms in total. The summed E-state index contributed by atoms with van der Waals surface area (Å²) in [6.07, 6.45) is 0.820. The van der Waals surface area contributed by atoms with Gasteiger partial charge in [0.1, 0.15) is 5.82 Å². The highest BCUT2D eigenvalue weighted by Gasteiger charge is 2.22. The van der Waals surface area contributed by atoms with E-state index in [1.165, 1.54) is 12.1 Å². The van der Waals surface area contributed by atoms with Crippen LogP contribution in [0.3, 0.4) is 0 Å². The Kier molecular flexibility index (Phi) is 2.90. The van der Waals surface area contributed by atoms with Crippen LogP contribution in [0.4, 0.5) is 4.39 Å². The topological polar surface area (TPSA) is 23.8 Å². The lowest BCUT2D eigenvalue weighted by Crippen LogP contribution is -2.16. The Morgan fingerprint density at radius 1 is 1.43 bits per heavy atom. The first-order valence-electron chi connectivity index (χ1n) is 4.71. The minimum atomic E-state index is -0.618. The van der Waals surface area contributed by atoms with Crippen LogP contribution in [0.2, 0.25) is 0 Å². The lowest BCUT2D eigenvalue weighted by atomic mass is 9.82. The Morgan fingerprint density at radius 2 is 2.07 bits per heavy atom. The number of nitriles is 1. The Bertz CT molecular complexity index is 374. The minimum absolute atomic E-state index is 0.277. The van der Waals surface area contributed by atoms with Gasteiger partial charge >= 0.3 is 0 Å². The Balaban J connectivity index is 3.32. The molecular weight excluding hydrogens is 177 g/mol. The van der Waals surface area contributed by atoms with Crippen LogP contribution in [0.5, 0.6) is 0 Å². The monoisotopic (exact) mass is 191 g/mol. The summed E-state index contributed by atoms with van der Waals surface area (Å²) in [4.78, 5) is 0. The molecule has 1 aromatic carbocycles. The molecule has 0 fully saturated rings. The summed E-state index contributed by atoms with van der Waals surface area (Å²) in [6.45, 7) is 5.62. The Morgan fingerprint density at radius 3 is 2.57 bits per heavy atom. The fourth-order valence-electron chi connectivity index (χ4n) is 1.50. The van der Waals surface area contributed by atoms with Gasteiger partial charge in [0, 0.05) is 0 Å². The number of nitrogens with zero attached hydrogens (tertiary/aromatic N) is 1. The van der Waals surface area contributed by atoms with Crippen molar-refractivity contribution in [1.82, 2.24) is 0 Å². The average molecular weight is 191 g/mol. The van der Waals surface area contributed by atoms with Crippen LogP contribution in [0.15, 0.2) is 18.2 Å². The summed E-state index contributed by atoms with van der Waals surface area (Å²) >= 11 is 0. The molecule has 0 unspecified atom stereocenters. The van der Waals surface area contributed by atoms with Gasteiger partial charge in [0.15, 0.2) is 0 Å². The van der Waals surface area contributed by atoms with Gasteiger partial charge in [-0.15, -0.1) is 0 Å². The molecule has 0 heterocycles. The maximum atomic E-state index is 13.0. The molecule has 0 aliphatic heterocycles. The van der Waals surface area contributed by atoms with E-state index in [-0.39, 0.29) is 5.82 Å². The van der Waals surface area contributed by atoms with Gasteiger partial charge in [-0.3, -0.25) is 0 Å². The van der Waals surface area contributed by atoms with Crippen LogP contribution in [-0.2, 0) is 11.8 Å². The first-order valence-corrected chi connectivity index (χ1v) is 4.71. The van der Waals surface area contributed by atoms with Crippen LogP contribution in [0.1, 0.15) is 31.9 Å². The van der Waals surface area contributed by atoms with E-state index in [0.29, 0.717) is 0 Å². The lowest BCUT2D eigenvalue weighted by Gasteiger charge is -2.19. The van der Waals surface area contributed by atoms with E-state index in [9.17, 15) is 4.39 Å². The van der Waals surface area contributed by atoms with Crippen molar-refractivity contribution < 1.29 is 4.39 Å². The molecule has 0 radical (unpaired) electrons. The number of hydrogen-bond acceptors (Lipinski definition) is 1. The number of aryl methyl sites for hydroxylation is 1. The average Bonchev–Trinajstić information content (AvgIpc) is 2.18. The fraction of sp³-hybridized carbons (Fsp3) is 0.417. The van der Waals surface area contributed by atoms with E-state index < -0.39 is 5.41 Å². The molecule has 0 aliphatic carbocycles. The molecule has 0 aromatic heterocycles. The smallest absolute Gasteiger partial charge is 0.123 e. The van der Waals surface area contributed by atoms with Gasteiger partial charge < -0.3 is 0 Å². The molecule has 1 aromatic rings. The third-order valence-corrected chi connectivity index (χ3v) is 2.41. The minimum Gasteiger partial charge on any atom is -0.207 e. The third kappa shape index (κ3) is 1.93. The van der Waals surface area contributed by atoms with Gasteiger partial charge in [0.05, 0.1) is 11.5 Å². The summed E-state index contributed by atoms with van der Waals surface area (Å²) in [7, 11) is 0. The number of halogens is 1. The van der Waals surface area contributed by atoms with E-state index in [4.69, 9.17) is 5.26 Å². The largest absolute Gasteiger partial charge is 0.207 e. The summed E-state index contributed by atoms with van der Waals surface area (Å²) in [5, 5.41) is 8.99. The summed E-state index contributed by atoms with van der Waals surface area (Å²) in [6, 6.07) is 6.85. The predicted octanol–water partition coefficient (Wildman–Crippen LogP) is 3.19. The molecule has 0 bridgehead atoms. The highest BCUT2D eigenvalue weighted by molar-refractivity contribution is 5.38. The van der Waals surface area contributed by atoms with Gasteiger partial charge in [-0.05, 0) is 43.5 Å². The van der Waals surface area contributed by atoms with Gasteiger partial charge in [0.25, 0.3) is 0 Å². The van der Waals surface area contributed by atoms with Gasteiger partial charge in [-0.1, -0.05) is 13.0 Å². The molecule has 1 rings (SSSR count). The number of benzene rings is 1. The molecule has 0 N–H and O–H groups in total. The second-order valence-corrected chi connectivity index (χ2v) is 3.89. The van der Waals surface area contributed by atoms with Crippen molar-refractivity contribution in [2.24, 2.45) is 0 Å². The molecule has 0 spiro atoms. The second-order valence-electron chi connectivity index (χ2n) is 3.89. The lowest BCUT2D eigenvalue weighted by molar-refractivity contribution is 0.609. The quantitative estimate of drug-likeness (QED) is 0.704. The standard InChI is InChI=1S/C12H14FN/c1-4-9-5-6-10(13)7-11(9)12(2,3)8-14/h5-7H,4H2,1-3H3.